The summed E-state index contributed by atoms with van der Waals surface area (Å²) in [7, 11) is 1.52. The summed E-state index contributed by atoms with van der Waals surface area (Å²) in [6, 6.07) is 19.2. The molecule has 3 aromatic rings. The first-order chi connectivity index (χ1) is 15.5. The number of anilines is 2. The van der Waals surface area contributed by atoms with Crippen LogP contribution in [0.15, 0.2) is 78.5 Å². The van der Waals surface area contributed by atoms with Gasteiger partial charge < -0.3 is 14.8 Å². The normalized spacial score (nSPS) is 13.5. The Bertz CT molecular complexity index is 1190. The molecule has 162 valence electrons. The molecule has 0 unspecified atom stereocenters. The molecule has 0 aromatic heterocycles. The predicted molar refractivity (Wildman–Crippen MR) is 120 cm³/mol. The highest BCUT2D eigenvalue weighted by Crippen LogP contribution is 2.36. The number of hydrogen-bond donors (Lipinski definition) is 1. The summed E-state index contributed by atoms with van der Waals surface area (Å²) in [4.78, 5) is 27.9. The fraction of sp³-hybridized carbons (Fsp3) is 0.120. The quantitative estimate of drug-likeness (QED) is 0.552. The molecule has 4 rings (SSSR count). The molecule has 3 aromatic carbocycles. The molecule has 7 heteroatoms. The number of nitrogens with zero attached hydrogens (tertiary/aromatic N) is 1. The number of halogens is 1. The second kappa shape index (κ2) is 8.93. The van der Waals surface area contributed by atoms with E-state index in [1.807, 2.05) is 6.92 Å². The predicted octanol–water partition coefficient (Wildman–Crippen LogP) is 4.63. The van der Waals surface area contributed by atoms with Crippen LogP contribution < -0.4 is 19.7 Å². The third kappa shape index (κ3) is 3.92. The Morgan fingerprint density at radius 1 is 0.906 bits per heavy atom. The minimum atomic E-state index is -0.524. The lowest BCUT2D eigenvalue weighted by Crippen LogP contribution is -2.32. The summed E-state index contributed by atoms with van der Waals surface area (Å²) in [5.41, 5.74) is 1.59. The molecule has 32 heavy (non-hydrogen) atoms. The zero-order valence-corrected chi connectivity index (χ0v) is 17.6. The van der Waals surface area contributed by atoms with Crippen molar-refractivity contribution in [3.8, 4) is 11.5 Å². The number of methoxy groups -OCH3 is 1. The maximum atomic E-state index is 13.5. The van der Waals surface area contributed by atoms with E-state index in [0.717, 1.165) is 4.90 Å². The van der Waals surface area contributed by atoms with Gasteiger partial charge in [0.2, 0.25) is 0 Å². The van der Waals surface area contributed by atoms with Crippen molar-refractivity contribution in [1.29, 1.82) is 0 Å². The van der Waals surface area contributed by atoms with Gasteiger partial charge in [-0.05, 0) is 61.0 Å². The lowest BCUT2D eigenvalue weighted by atomic mass is 10.0. The van der Waals surface area contributed by atoms with Gasteiger partial charge in [-0.1, -0.05) is 24.3 Å². The van der Waals surface area contributed by atoms with Crippen molar-refractivity contribution in [1.82, 2.24) is 0 Å². The molecule has 0 atom stereocenters. The van der Waals surface area contributed by atoms with Gasteiger partial charge in [-0.2, -0.15) is 0 Å². The van der Waals surface area contributed by atoms with Crippen molar-refractivity contribution < 1.29 is 23.5 Å². The molecule has 1 N–H and O–H groups in total. The molecule has 2 amide bonds. The molecule has 1 aliphatic heterocycles. The molecule has 1 aliphatic rings. The van der Waals surface area contributed by atoms with Crippen LogP contribution in [-0.2, 0) is 9.59 Å². The smallest absolute Gasteiger partial charge is 0.282 e. The lowest BCUT2D eigenvalue weighted by Gasteiger charge is -2.16. The van der Waals surface area contributed by atoms with Crippen LogP contribution in [-0.4, -0.2) is 25.5 Å². The third-order valence-electron chi connectivity index (χ3n) is 4.99. The topological polar surface area (TPSA) is 67.9 Å². The fourth-order valence-corrected chi connectivity index (χ4v) is 3.51. The van der Waals surface area contributed by atoms with E-state index < -0.39 is 17.6 Å². The number of nitrogens with one attached hydrogen (secondary N) is 1. The summed E-state index contributed by atoms with van der Waals surface area (Å²) in [5.74, 6) is -0.325. The van der Waals surface area contributed by atoms with Crippen LogP contribution in [0.2, 0.25) is 0 Å². The van der Waals surface area contributed by atoms with Gasteiger partial charge in [0.25, 0.3) is 11.8 Å². The Morgan fingerprint density at radius 2 is 1.59 bits per heavy atom. The summed E-state index contributed by atoms with van der Waals surface area (Å²) in [6.07, 6.45) is 0. The molecule has 0 aliphatic carbocycles. The zero-order chi connectivity index (χ0) is 22.7. The number of imide groups is 1. The number of ether oxygens (including phenoxy) is 2. The lowest BCUT2D eigenvalue weighted by molar-refractivity contribution is -0.120. The molecule has 0 saturated heterocycles. The van der Waals surface area contributed by atoms with Crippen LogP contribution in [0.5, 0.6) is 11.5 Å². The van der Waals surface area contributed by atoms with E-state index in [9.17, 15) is 14.0 Å². The van der Waals surface area contributed by atoms with Crippen LogP contribution in [0.25, 0.3) is 5.57 Å². The van der Waals surface area contributed by atoms with Gasteiger partial charge in [-0.3, -0.25) is 9.59 Å². The Morgan fingerprint density at radius 3 is 2.25 bits per heavy atom. The van der Waals surface area contributed by atoms with Gasteiger partial charge in [0.05, 0.1) is 30.7 Å². The third-order valence-corrected chi connectivity index (χ3v) is 4.99. The van der Waals surface area contributed by atoms with Crippen molar-refractivity contribution in [2.75, 3.05) is 23.9 Å². The Balaban J connectivity index is 1.78. The fourth-order valence-electron chi connectivity index (χ4n) is 3.51. The Labute approximate surface area is 184 Å². The highest BCUT2D eigenvalue weighted by Gasteiger charge is 2.40. The largest absolute Gasteiger partial charge is 0.495 e. The standard InChI is InChI=1S/C25H21FN2O4/c1-3-32-19-14-12-18(13-15-19)28-24(29)22(16-8-10-17(26)11-9-16)23(25(28)30)27-20-6-4-5-7-21(20)31-2/h4-15,27H,3H2,1-2H3. The Kier molecular flexibility index (Phi) is 5.89. The van der Waals surface area contributed by atoms with Gasteiger partial charge in [0.15, 0.2) is 0 Å². The molecule has 0 radical (unpaired) electrons. The molecule has 1 heterocycles. The van der Waals surface area contributed by atoms with Gasteiger partial charge in [-0.25, -0.2) is 9.29 Å². The van der Waals surface area contributed by atoms with Crippen LogP contribution in [0, 0.1) is 5.82 Å². The summed E-state index contributed by atoms with van der Waals surface area (Å²) in [6.45, 7) is 2.38. The first-order valence-corrected chi connectivity index (χ1v) is 10.1. The second-order valence-corrected chi connectivity index (χ2v) is 6.95. The minimum absolute atomic E-state index is 0.0833. The highest BCUT2D eigenvalue weighted by atomic mass is 19.1. The number of carbonyl (C=O) groups excluding carboxylic acids is 2. The van der Waals surface area contributed by atoms with Gasteiger partial charge in [0, 0.05) is 0 Å². The van der Waals surface area contributed by atoms with E-state index in [4.69, 9.17) is 9.47 Å². The van der Waals surface area contributed by atoms with E-state index in [0.29, 0.717) is 35.0 Å². The average molecular weight is 432 g/mol. The molecular formula is C25H21FN2O4. The maximum absolute atomic E-state index is 13.5. The van der Waals surface area contributed by atoms with Gasteiger partial charge >= 0.3 is 0 Å². The Hall–Kier alpha value is -4.13. The summed E-state index contributed by atoms with van der Waals surface area (Å²) < 4.78 is 24.3. The van der Waals surface area contributed by atoms with E-state index in [2.05, 4.69) is 5.32 Å². The van der Waals surface area contributed by atoms with Crippen molar-refractivity contribution in [3.63, 3.8) is 0 Å². The van der Waals surface area contributed by atoms with Crippen LogP contribution >= 0.6 is 0 Å². The number of benzene rings is 3. The van der Waals surface area contributed by atoms with Gasteiger partial charge in [-0.15, -0.1) is 0 Å². The van der Waals surface area contributed by atoms with Crippen molar-refractivity contribution in [2.24, 2.45) is 0 Å². The number of carbonyl (C=O) groups is 2. The van der Waals surface area contributed by atoms with Crippen LogP contribution in [0.4, 0.5) is 15.8 Å². The number of para-hydroxylation sites is 2. The minimum Gasteiger partial charge on any atom is -0.495 e. The van der Waals surface area contributed by atoms with E-state index in [1.165, 1.54) is 31.4 Å². The monoisotopic (exact) mass is 432 g/mol. The molecule has 0 bridgehead atoms. The van der Waals surface area contributed by atoms with E-state index >= 15 is 0 Å². The molecule has 0 fully saturated rings. The second-order valence-electron chi connectivity index (χ2n) is 6.95. The SMILES string of the molecule is CCOc1ccc(N2C(=O)C(Nc3ccccc3OC)=C(c3ccc(F)cc3)C2=O)cc1. The van der Waals surface area contributed by atoms with Crippen molar-refractivity contribution >= 4 is 28.8 Å². The number of hydrogen-bond acceptors (Lipinski definition) is 5. The number of amides is 2. The first-order valence-electron chi connectivity index (χ1n) is 10.1. The molecule has 6 nitrogen and oxygen atoms in total. The van der Waals surface area contributed by atoms with Crippen LogP contribution in [0.1, 0.15) is 12.5 Å². The first kappa shape index (κ1) is 21.1. The summed E-state index contributed by atoms with van der Waals surface area (Å²) >= 11 is 0. The summed E-state index contributed by atoms with van der Waals surface area (Å²) in [5, 5.41) is 3.06. The van der Waals surface area contributed by atoms with Crippen LogP contribution in [0.3, 0.4) is 0 Å². The molecular weight excluding hydrogens is 411 g/mol. The van der Waals surface area contributed by atoms with E-state index in [-0.39, 0.29) is 11.3 Å². The highest BCUT2D eigenvalue weighted by molar-refractivity contribution is 6.46. The van der Waals surface area contributed by atoms with Gasteiger partial charge in [0.1, 0.15) is 23.0 Å². The zero-order valence-electron chi connectivity index (χ0n) is 17.6. The molecule has 0 saturated carbocycles. The average Bonchev–Trinajstić information content (AvgIpc) is 3.05. The molecule has 0 spiro atoms. The maximum Gasteiger partial charge on any atom is 0.282 e. The van der Waals surface area contributed by atoms with Crippen molar-refractivity contribution in [3.05, 3.63) is 89.9 Å². The van der Waals surface area contributed by atoms with Crippen molar-refractivity contribution in [2.45, 2.75) is 6.92 Å². The number of rotatable bonds is 7. The van der Waals surface area contributed by atoms with E-state index in [1.54, 1.807) is 48.5 Å².